The molecule has 1 aliphatic rings. The van der Waals surface area contributed by atoms with Gasteiger partial charge in [-0.15, -0.1) is 5.10 Å². The maximum Gasteiger partial charge on any atom is 0.267 e. The molecule has 0 bridgehead atoms. The van der Waals surface area contributed by atoms with Crippen LogP contribution < -0.4 is 0 Å². The number of carbonyl (C=O) groups excluding carboxylic acids is 1. The van der Waals surface area contributed by atoms with E-state index in [0.717, 1.165) is 16.7 Å². The van der Waals surface area contributed by atoms with Crippen LogP contribution in [0.5, 0.6) is 0 Å². The van der Waals surface area contributed by atoms with Crippen LogP contribution in [0.1, 0.15) is 22.5 Å². The Morgan fingerprint density at radius 3 is 2.59 bits per heavy atom. The molecule has 0 spiro atoms. The summed E-state index contributed by atoms with van der Waals surface area (Å²) in [5, 5.41) is 9.09. The first kappa shape index (κ1) is 19.0. The Balaban J connectivity index is 1.63. The predicted molar refractivity (Wildman–Crippen MR) is 117 cm³/mol. The van der Waals surface area contributed by atoms with Gasteiger partial charge in [-0.3, -0.25) is 9.69 Å². The summed E-state index contributed by atoms with van der Waals surface area (Å²) in [5.41, 5.74) is 3.07. The first-order valence-corrected chi connectivity index (χ1v) is 9.98. The number of amides is 1. The number of furan rings is 1. The van der Waals surface area contributed by atoms with Gasteiger partial charge in [0.1, 0.15) is 5.76 Å². The lowest BCUT2D eigenvalue weighted by Gasteiger charge is -2.12. The summed E-state index contributed by atoms with van der Waals surface area (Å²) in [6.07, 6.45) is 5.17. The maximum atomic E-state index is 13.0. The van der Waals surface area contributed by atoms with Crippen LogP contribution in [0.3, 0.4) is 0 Å². The van der Waals surface area contributed by atoms with Gasteiger partial charge < -0.3 is 4.42 Å². The van der Waals surface area contributed by atoms with Gasteiger partial charge in [0.2, 0.25) is 0 Å². The molecule has 1 aliphatic heterocycles. The van der Waals surface area contributed by atoms with Crippen molar-refractivity contribution in [1.29, 1.82) is 0 Å². The number of amidine groups is 1. The van der Waals surface area contributed by atoms with Crippen LogP contribution in [-0.2, 0) is 11.3 Å². The molecule has 4 rings (SSSR count). The minimum absolute atomic E-state index is 0.111. The van der Waals surface area contributed by atoms with Crippen LogP contribution in [0.2, 0.25) is 0 Å². The van der Waals surface area contributed by atoms with Gasteiger partial charge in [0.25, 0.3) is 5.91 Å². The normalized spacial score (nSPS) is 17.1. The maximum absolute atomic E-state index is 13.0. The van der Waals surface area contributed by atoms with Gasteiger partial charge in [-0.2, -0.15) is 5.10 Å². The lowest BCUT2D eigenvalue weighted by molar-refractivity contribution is -0.122. The van der Waals surface area contributed by atoms with E-state index >= 15 is 0 Å². The van der Waals surface area contributed by atoms with E-state index in [1.807, 2.05) is 73.7 Å². The Kier molecular flexibility index (Phi) is 5.72. The summed E-state index contributed by atoms with van der Waals surface area (Å²) >= 11 is 1.31. The first-order valence-electron chi connectivity index (χ1n) is 9.16. The molecule has 144 valence electrons. The minimum atomic E-state index is -0.111. The third-order valence-corrected chi connectivity index (χ3v) is 5.41. The van der Waals surface area contributed by atoms with Gasteiger partial charge in [0.05, 0.1) is 23.9 Å². The van der Waals surface area contributed by atoms with Crippen LogP contribution in [0, 0.1) is 6.92 Å². The molecule has 0 saturated carbocycles. The van der Waals surface area contributed by atoms with Crippen molar-refractivity contribution in [2.75, 3.05) is 0 Å². The lowest BCUT2D eigenvalue weighted by Crippen LogP contribution is -2.28. The van der Waals surface area contributed by atoms with Crippen molar-refractivity contribution in [3.8, 4) is 0 Å². The number of thioether (sulfide) groups is 1. The third kappa shape index (κ3) is 4.55. The molecule has 2 aromatic carbocycles. The first-order chi connectivity index (χ1) is 14.2. The Labute approximate surface area is 173 Å². The van der Waals surface area contributed by atoms with Crippen LogP contribution in [0.4, 0.5) is 0 Å². The van der Waals surface area contributed by atoms with Crippen molar-refractivity contribution >= 4 is 35.1 Å². The molecule has 3 aromatic rings. The zero-order valence-electron chi connectivity index (χ0n) is 15.9. The molecule has 0 N–H and O–H groups in total. The number of benzene rings is 2. The molecule has 5 nitrogen and oxygen atoms in total. The van der Waals surface area contributed by atoms with Crippen molar-refractivity contribution in [2.45, 2.75) is 13.5 Å². The zero-order chi connectivity index (χ0) is 20.1. The molecule has 29 heavy (non-hydrogen) atoms. The predicted octanol–water partition coefficient (Wildman–Crippen LogP) is 5.09. The Hall–Kier alpha value is -3.38. The Morgan fingerprint density at radius 2 is 1.83 bits per heavy atom. The monoisotopic (exact) mass is 401 g/mol. The Morgan fingerprint density at radius 1 is 1.03 bits per heavy atom. The van der Waals surface area contributed by atoms with E-state index in [9.17, 15) is 4.79 Å². The zero-order valence-corrected chi connectivity index (χ0v) is 16.7. The number of aryl methyl sites for hydroxylation is 1. The number of hydrogen-bond donors (Lipinski definition) is 0. The fraction of sp³-hybridized carbons (Fsp3) is 0.0870. The number of nitrogens with zero attached hydrogens (tertiary/aromatic N) is 3. The van der Waals surface area contributed by atoms with Crippen molar-refractivity contribution in [3.63, 3.8) is 0 Å². The van der Waals surface area contributed by atoms with Gasteiger partial charge >= 0.3 is 0 Å². The van der Waals surface area contributed by atoms with E-state index in [1.54, 1.807) is 23.4 Å². The summed E-state index contributed by atoms with van der Waals surface area (Å²) in [5.74, 6) is 0.579. The standard InChI is InChI=1S/C23H19N3O2S/c1-17-8-5-6-11-19(17)15-24-25-23-26(16-20-12-7-13-28-20)22(27)21(29-23)14-18-9-3-2-4-10-18/h2-15H,16H2,1H3/b21-14-,24-15+,25-23-. The summed E-state index contributed by atoms with van der Waals surface area (Å²) in [6.45, 7) is 2.33. The summed E-state index contributed by atoms with van der Waals surface area (Å²) in [6, 6.07) is 21.3. The topological polar surface area (TPSA) is 58.2 Å². The average Bonchev–Trinajstić information content (AvgIpc) is 3.35. The second kappa shape index (κ2) is 8.75. The smallest absolute Gasteiger partial charge is 0.267 e. The SMILES string of the molecule is Cc1ccccc1/C=N/N=C1\S/C(=C\c2ccccc2)C(=O)N1Cc1ccco1. The van der Waals surface area contributed by atoms with E-state index in [1.165, 1.54) is 11.8 Å². The second-order valence-electron chi connectivity index (χ2n) is 6.48. The average molecular weight is 401 g/mol. The van der Waals surface area contributed by atoms with E-state index in [2.05, 4.69) is 10.2 Å². The molecular weight excluding hydrogens is 382 g/mol. The highest BCUT2D eigenvalue weighted by Crippen LogP contribution is 2.33. The molecule has 0 unspecified atom stereocenters. The number of carbonyl (C=O) groups is 1. The molecule has 1 saturated heterocycles. The molecule has 0 aliphatic carbocycles. The van der Waals surface area contributed by atoms with E-state index in [-0.39, 0.29) is 5.91 Å². The number of rotatable bonds is 5. The highest BCUT2D eigenvalue weighted by atomic mass is 32.2. The van der Waals surface area contributed by atoms with Crippen LogP contribution in [0.15, 0.2) is 92.5 Å². The Bertz CT molecular complexity index is 1090. The fourth-order valence-electron chi connectivity index (χ4n) is 2.85. The summed E-state index contributed by atoms with van der Waals surface area (Å²) in [7, 11) is 0. The van der Waals surface area contributed by atoms with Gasteiger partial charge in [-0.05, 0) is 53.6 Å². The second-order valence-corrected chi connectivity index (χ2v) is 7.48. The van der Waals surface area contributed by atoms with E-state index in [4.69, 9.17) is 4.42 Å². The molecule has 0 radical (unpaired) electrons. The molecule has 1 fully saturated rings. The molecule has 2 heterocycles. The number of hydrogen-bond acceptors (Lipinski definition) is 5. The summed E-state index contributed by atoms with van der Waals surface area (Å²) < 4.78 is 5.42. The third-order valence-electron chi connectivity index (χ3n) is 4.41. The van der Waals surface area contributed by atoms with E-state index < -0.39 is 0 Å². The molecule has 6 heteroatoms. The van der Waals surface area contributed by atoms with E-state index in [0.29, 0.717) is 22.4 Å². The quantitative estimate of drug-likeness (QED) is 0.340. The van der Waals surface area contributed by atoms with Gasteiger partial charge in [-0.1, -0.05) is 54.6 Å². The van der Waals surface area contributed by atoms with Crippen LogP contribution >= 0.6 is 11.8 Å². The minimum Gasteiger partial charge on any atom is -0.467 e. The lowest BCUT2D eigenvalue weighted by atomic mass is 10.1. The van der Waals surface area contributed by atoms with Crippen molar-refractivity contribution in [2.24, 2.45) is 10.2 Å². The largest absolute Gasteiger partial charge is 0.467 e. The molecule has 1 aromatic heterocycles. The van der Waals surface area contributed by atoms with Crippen molar-refractivity contribution < 1.29 is 9.21 Å². The fourth-order valence-corrected chi connectivity index (χ4v) is 3.79. The van der Waals surface area contributed by atoms with Gasteiger partial charge in [0, 0.05) is 0 Å². The molecule has 1 amide bonds. The van der Waals surface area contributed by atoms with Gasteiger partial charge in [0.15, 0.2) is 5.17 Å². The highest BCUT2D eigenvalue weighted by molar-refractivity contribution is 8.18. The van der Waals surface area contributed by atoms with Gasteiger partial charge in [-0.25, -0.2) is 0 Å². The molecule has 0 atom stereocenters. The highest BCUT2D eigenvalue weighted by Gasteiger charge is 2.34. The molecular formula is C23H19N3O2S. The van der Waals surface area contributed by atoms with Crippen LogP contribution in [-0.4, -0.2) is 22.2 Å². The van der Waals surface area contributed by atoms with Crippen LogP contribution in [0.25, 0.3) is 6.08 Å². The van der Waals surface area contributed by atoms with Crippen molar-refractivity contribution in [1.82, 2.24) is 4.90 Å². The van der Waals surface area contributed by atoms with Crippen molar-refractivity contribution in [3.05, 3.63) is 100 Å². The summed E-state index contributed by atoms with van der Waals surface area (Å²) in [4.78, 5) is 15.2.